The van der Waals surface area contributed by atoms with Gasteiger partial charge in [-0.15, -0.1) is 11.6 Å². The van der Waals surface area contributed by atoms with Crippen molar-refractivity contribution < 1.29 is 14.0 Å². The lowest BCUT2D eigenvalue weighted by Crippen LogP contribution is -2.24. The second-order valence-corrected chi connectivity index (χ2v) is 11.0. The van der Waals surface area contributed by atoms with Crippen LogP contribution in [0.3, 0.4) is 0 Å². The van der Waals surface area contributed by atoms with Crippen LogP contribution in [0.4, 0.5) is 0 Å². The number of halogens is 1. The van der Waals surface area contributed by atoms with Gasteiger partial charge in [-0.3, -0.25) is 13.9 Å². The highest BCUT2D eigenvalue weighted by Crippen LogP contribution is 2.49. The Morgan fingerprint density at radius 2 is 1.83 bits per heavy atom. The summed E-state index contributed by atoms with van der Waals surface area (Å²) in [5, 5.41) is 1.03. The lowest BCUT2D eigenvalue weighted by Gasteiger charge is -2.21. The third-order valence-electron chi connectivity index (χ3n) is 6.46. The van der Waals surface area contributed by atoms with Crippen LogP contribution in [-0.2, 0) is 15.6 Å². The minimum absolute atomic E-state index is 0.143. The van der Waals surface area contributed by atoms with E-state index >= 15 is 0 Å². The average Bonchev–Trinajstić information content (AvgIpc) is 3.22. The number of hydrogen-bond donors (Lipinski definition) is 1. The molecule has 2 aromatic heterocycles. The molecule has 0 saturated carbocycles. The number of para-hydroxylation sites is 1. The van der Waals surface area contributed by atoms with E-state index in [1.165, 1.54) is 19.6 Å². The normalized spacial score (nSPS) is 14.7. The second-order valence-electron chi connectivity index (χ2n) is 8.57. The van der Waals surface area contributed by atoms with Gasteiger partial charge in [-0.25, -0.2) is 4.98 Å². The Kier molecular flexibility index (Phi) is 9.30. The van der Waals surface area contributed by atoms with Gasteiger partial charge in [0.25, 0.3) is 5.56 Å². The highest BCUT2D eigenvalue weighted by atomic mass is 35.5. The minimum Gasteiger partial charge on any atom is -0.323 e. The van der Waals surface area contributed by atoms with E-state index in [4.69, 9.17) is 21.1 Å². The fourth-order valence-electron chi connectivity index (χ4n) is 4.38. The molecule has 0 bridgehead atoms. The van der Waals surface area contributed by atoms with Crippen LogP contribution in [0.15, 0.2) is 41.2 Å². The summed E-state index contributed by atoms with van der Waals surface area (Å²) in [6, 6.07) is 11.7. The van der Waals surface area contributed by atoms with E-state index in [0.29, 0.717) is 29.8 Å². The molecule has 1 N–H and O–H groups in total. The zero-order chi connectivity index (χ0) is 25.8. The molecule has 0 fully saturated rings. The Hall–Kier alpha value is -2.02. The summed E-state index contributed by atoms with van der Waals surface area (Å²) >= 11 is 5.56. The molecule has 0 amide bonds. The molecule has 3 heterocycles. The predicted molar refractivity (Wildman–Crippen MR) is 143 cm³/mol. The van der Waals surface area contributed by atoms with Gasteiger partial charge in [0.15, 0.2) is 0 Å². The number of aromatic nitrogens is 2. The third kappa shape index (κ3) is 6.04. The van der Waals surface area contributed by atoms with Gasteiger partial charge >= 0.3 is 7.60 Å². The van der Waals surface area contributed by atoms with Crippen molar-refractivity contribution >= 4 is 30.1 Å². The van der Waals surface area contributed by atoms with Gasteiger partial charge in [-0.1, -0.05) is 45.9 Å². The second kappa shape index (κ2) is 11.8. The van der Waals surface area contributed by atoms with E-state index in [0.717, 1.165) is 22.2 Å². The van der Waals surface area contributed by atoms with Gasteiger partial charge in [0.2, 0.25) is 0 Å². The van der Waals surface area contributed by atoms with E-state index in [9.17, 15) is 14.3 Å². The van der Waals surface area contributed by atoms with Gasteiger partial charge in [-0.2, -0.15) is 0 Å². The molecule has 1 aliphatic rings. The first-order valence-corrected chi connectivity index (χ1v) is 14.4. The summed E-state index contributed by atoms with van der Waals surface area (Å²) in [4.78, 5) is 30.0. The van der Waals surface area contributed by atoms with Crippen LogP contribution in [0.25, 0.3) is 22.3 Å². The van der Waals surface area contributed by atoms with Crippen molar-refractivity contribution in [1.82, 2.24) is 14.5 Å². The topological polar surface area (TPSA) is 84.7 Å². The van der Waals surface area contributed by atoms with Crippen LogP contribution in [0.5, 0.6) is 0 Å². The number of fused-ring (bicyclic) bond motifs is 4. The molecule has 2 unspecified atom stereocenters. The SMILES string of the molecule is CCC(OP(=O)(O)CCl)c1cc2n(c(=O)c1C)Cc1cc3ccccc3nc1-2.CCN(CC)CC. The molecule has 0 spiro atoms. The Labute approximate surface area is 212 Å². The van der Waals surface area contributed by atoms with E-state index in [2.05, 4.69) is 31.7 Å². The van der Waals surface area contributed by atoms with Gasteiger partial charge in [0, 0.05) is 16.5 Å². The minimum atomic E-state index is -3.92. The van der Waals surface area contributed by atoms with Crippen LogP contribution >= 0.6 is 19.2 Å². The Bertz CT molecular complexity index is 1280. The molecule has 2 atom stereocenters. The van der Waals surface area contributed by atoms with Crippen molar-refractivity contribution in [2.45, 2.75) is 53.7 Å². The molecular weight excluding hydrogens is 485 g/mol. The number of nitrogens with zero attached hydrogens (tertiary/aromatic N) is 3. The molecule has 190 valence electrons. The molecule has 4 rings (SSSR count). The van der Waals surface area contributed by atoms with E-state index in [1.807, 2.05) is 37.3 Å². The van der Waals surface area contributed by atoms with Crippen LogP contribution in [0.1, 0.15) is 56.9 Å². The number of pyridine rings is 2. The smallest absolute Gasteiger partial charge is 0.323 e. The van der Waals surface area contributed by atoms with Crippen molar-refractivity contribution in [2.24, 2.45) is 0 Å². The Balaban J connectivity index is 0.000000429. The van der Waals surface area contributed by atoms with Crippen LogP contribution in [-0.4, -0.2) is 44.6 Å². The van der Waals surface area contributed by atoms with Gasteiger partial charge in [0.1, 0.15) is 5.62 Å². The fraction of sp³-hybridized carbons (Fsp3) is 0.462. The molecule has 0 saturated heterocycles. The van der Waals surface area contributed by atoms with Crippen molar-refractivity contribution in [2.75, 3.05) is 25.3 Å². The van der Waals surface area contributed by atoms with E-state index in [1.54, 1.807) is 11.5 Å². The zero-order valence-electron chi connectivity index (χ0n) is 21.1. The van der Waals surface area contributed by atoms with Crippen molar-refractivity contribution in [3.63, 3.8) is 0 Å². The first kappa shape index (κ1) is 27.6. The lowest BCUT2D eigenvalue weighted by molar-refractivity contribution is 0.173. The average molecular weight is 520 g/mol. The van der Waals surface area contributed by atoms with Crippen LogP contribution in [0, 0.1) is 6.92 Å². The monoisotopic (exact) mass is 519 g/mol. The summed E-state index contributed by atoms with van der Waals surface area (Å²) in [5.41, 5.74) is 3.76. The lowest BCUT2D eigenvalue weighted by atomic mass is 10.0. The first-order valence-electron chi connectivity index (χ1n) is 12.1. The molecule has 9 heteroatoms. The van der Waals surface area contributed by atoms with Crippen LogP contribution < -0.4 is 5.56 Å². The first-order chi connectivity index (χ1) is 16.7. The zero-order valence-corrected chi connectivity index (χ0v) is 22.8. The van der Waals surface area contributed by atoms with Crippen LogP contribution in [0.2, 0.25) is 0 Å². The summed E-state index contributed by atoms with van der Waals surface area (Å²) < 4.78 is 19.1. The molecule has 35 heavy (non-hydrogen) atoms. The maximum absolute atomic E-state index is 13.0. The quantitative estimate of drug-likeness (QED) is 0.229. The molecule has 3 aromatic rings. The predicted octanol–water partition coefficient (Wildman–Crippen LogP) is 5.93. The number of alkyl halides is 1. The highest BCUT2D eigenvalue weighted by molar-refractivity contribution is 7.54. The maximum Gasteiger partial charge on any atom is 0.343 e. The number of hydrogen-bond acceptors (Lipinski definition) is 5. The summed E-state index contributed by atoms with van der Waals surface area (Å²) in [6.45, 7) is 14.1. The Morgan fingerprint density at radius 1 is 1.17 bits per heavy atom. The van der Waals surface area contributed by atoms with Gasteiger partial charge in [-0.05, 0) is 56.7 Å². The molecule has 7 nitrogen and oxygen atoms in total. The molecular formula is C26H35ClN3O4P. The van der Waals surface area contributed by atoms with E-state index in [-0.39, 0.29) is 5.56 Å². The Morgan fingerprint density at radius 3 is 2.40 bits per heavy atom. The molecule has 1 aliphatic heterocycles. The molecule has 1 aromatic carbocycles. The molecule has 0 aliphatic carbocycles. The van der Waals surface area contributed by atoms with Gasteiger partial charge in [0.05, 0.1) is 29.6 Å². The van der Waals surface area contributed by atoms with Crippen molar-refractivity contribution in [3.05, 3.63) is 63.4 Å². The maximum atomic E-state index is 13.0. The summed E-state index contributed by atoms with van der Waals surface area (Å²) in [5.74, 6) is 0. The van der Waals surface area contributed by atoms with E-state index < -0.39 is 19.3 Å². The van der Waals surface area contributed by atoms with Crippen molar-refractivity contribution in [1.29, 1.82) is 0 Å². The number of rotatable bonds is 8. The van der Waals surface area contributed by atoms with Crippen molar-refractivity contribution in [3.8, 4) is 11.4 Å². The third-order valence-corrected chi connectivity index (χ3v) is 8.25. The largest absolute Gasteiger partial charge is 0.343 e. The fourth-order valence-corrected chi connectivity index (χ4v) is 5.26. The highest BCUT2D eigenvalue weighted by Gasteiger charge is 2.29. The summed E-state index contributed by atoms with van der Waals surface area (Å²) in [6.07, 6.45) is -0.263. The number of benzene rings is 1. The van der Waals surface area contributed by atoms with Gasteiger partial charge < -0.3 is 14.4 Å². The standard InChI is InChI=1S/C20H20ClN2O4P.C6H15N/c1-3-18(27-28(25,26)11-21)15-9-17-19-14(10-23(17)20(24)12(15)2)8-13-6-4-5-7-16(13)22-19;1-4-7(5-2)6-3/h4-9,18H,3,10-11H2,1-2H3,(H,25,26);4-6H2,1-3H3. The summed E-state index contributed by atoms with van der Waals surface area (Å²) in [7, 11) is -3.92. The molecule has 0 radical (unpaired) electrons.